The van der Waals surface area contributed by atoms with Gasteiger partial charge < -0.3 is 5.32 Å². The van der Waals surface area contributed by atoms with Gasteiger partial charge in [-0.3, -0.25) is 9.89 Å². The number of carbonyl (C=O) groups is 1. The van der Waals surface area contributed by atoms with Crippen molar-refractivity contribution < 1.29 is 4.79 Å². The summed E-state index contributed by atoms with van der Waals surface area (Å²) in [4.78, 5) is 12.4. The zero-order valence-corrected chi connectivity index (χ0v) is 11.7. The third-order valence-corrected chi connectivity index (χ3v) is 4.33. The fraction of sp³-hybridized carbons (Fsp3) is 0.176. The number of carbonyl (C=O) groups excluding carboxylic acids is 1. The van der Waals surface area contributed by atoms with E-state index in [0.717, 1.165) is 27.7 Å². The van der Waals surface area contributed by atoms with Gasteiger partial charge in [0.2, 0.25) is 5.91 Å². The molecule has 1 atom stereocenters. The van der Waals surface area contributed by atoms with Gasteiger partial charge in [0, 0.05) is 11.1 Å². The zero-order chi connectivity index (χ0) is 14.4. The van der Waals surface area contributed by atoms with Gasteiger partial charge in [0.05, 0.1) is 17.1 Å². The first-order valence-electron chi connectivity index (χ1n) is 7.00. The Morgan fingerprint density at radius 1 is 1.19 bits per heavy atom. The molecule has 2 N–H and O–H groups in total. The summed E-state index contributed by atoms with van der Waals surface area (Å²) < 4.78 is 0. The van der Waals surface area contributed by atoms with Gasteiger partial charge in [-0.1, -0.05) is 30.3 Å². The molecule has 104 valence electrons. The Hall–Kier alpha value is -2.62. The number of rotatable bonds is 2. The molecule has 0 saturated carbocycles. The van der Waals surface area contributed by atoms with Crippen LogP contribution in [0.1, 0.15) is 18.1 Å². The van der Waals surface area contributed by atoms with E-state index in [1.807, 2.05) is 37.3 Å². The van der Waals surface area contributed by atoms with Crippen molar-refractivity contribution in [1.29, 1.82) is 0 Å². The minimum absolute atomic E-state index is 0.0633. The molecule has 1 amide bonds. The Morgan fingerprint density at radius 2 is 2.05 bits per heavy atom. The third-order valence-electron chi connectivity index (χ3n) is 4.33. The van der Waals surface area contributed by atoms with Crippen molar-refractivity contribution in [3.63, 3.8) is 0 Å². The predicted molar refractivity (Wildman–Crippen MR) is 82.2 cm³/mol. The van der Waals surface area contributed by atoms with Crippen LogP contribution in [0.25, 0.3) is 10.9 Å². The fourth-order valence-corrected chi connectivity index (χ4v) is 3.13. The van der Waals surface area contributed by atoms with E-state index in [9.17, 15) is 4.79 Å². The van der Waals surface area contributed by atoms with Crippen molar-refractivity contribution in [1.82, 2.24) is 10.2 Å². The number of nitrogens with one attached hydrogen (secondary N) is 2. The smallest absolute Gasteiger partial charge is 0.235 e. The number of hydrogen-bond donors (Lipinski definition) is 2. The average molecular weight is 277 g/mol. The largest absolute Gasteiger partial charge is 0.325 e. The summed E-state index contributed by atoms with van der Waals surface area (Å²) in [5, 5.41) is 11.1. The lowest BCUT2D eigenvalue weighted by molar-refractivity contribution is -0.120. The first kappa shape index (κ1) is 12.1. The molecule has 0 aliphatic carbocycles. The van der Waals surface area contributed by atoms with Gasteiger partial charge in [0.15, 0.2) is 0 Å². The Kier molecular flexibility index (Phi) is 2.42. The van der Waals surface area contributed by atoms with E-state index in [4.69, 9.17) is 0 Å². The SMILES string of the molecule is C[C@]1(Cc2ccc3cn[nH]c3c2)C(=O)Nc2ccccc21. The van der Waals surface area contributed by atoms with Crippen LogP contribution in [0.15, 0.2) is 48.7 Å². The van der Waals surface area contributed by atoms with Crippen LogP contribution in [-0.2, 0) is 16.6 Å². The summed E-state index contributed by atoms with van der Waals surface area (Å²) >= 11 is 0. The molecule has 21 heavy (non-hydrogen) atoms. The molecule has 4 rings (SSSR count). The van der Waals surface area contributed by atoms with Crippen LogP contribution in [0.4, 0.5) is 5.69 Å². The number of aromatic amines is 1. The minimum atomic E-state index is -0.524. The van der Waals surface area contributed by atoms with Crippen molar-refractivity contribution in [2.45, 2.75) is 18.8 Å². The van der Waals surface area contributed by atoms with E-state index in [-0.39, 0.29) is 5.91 Å². The lowest BCUT2D eigenvalue weighted by Crippen LogP contribution is -2.33. The standard InChI is InChI=1S/C17H15N3O/c1-17(13-4-2-3-5-14(13)19-16(17)21)9-11-6-7-12-10-18-20-15(12)8-11/h2-8,10H,9H2,1H3,(H,18,20)(H,19,21)/t17-/m1/s1. The Morgan fingerprint density at radius 3 is 2.95 bits per heavy atom. The molecule has 4 nitrogen and oxygen atoms in total. The van der Waals surface area contributed by atoms with Crippen LogP contribution in [-0.4, -0.2) is 16.1 Å². The van der Waals surface area contributed by atoms with Gasteiger partial charge >= 0.3 is 0 Å². The number of nitrogens with zero attached hydrogens (tertiary/aromatic N) is 1. The zero-order valence-electron chi connectivity index (χ0n) is 11.7. The van der Waals surface area contributed by atoms with Gasteiger partial charge in [-0.25, -0.2) is 0 Å². The van der Waals surface area contributed by atoms with Gasteiger partial charge in [-0.15, -0.1) is 0 Å². The molecule has 1 aliphatic heterocycles. The lowest BCUT2D eigenvalue weighted by Gasteiger charge is -2.22. The summed E-state index contributed by atoms with van der Waals surface area (Å²) in [6, 6.07) is 14.1. The van der Waals surface area contributed by atoms with Crippen LogP contribution < -0.4 is 5.32 Å². The second-order valence-corrected chi connectivity index (χ2v) is 5.80. The van der Waals surface area contributed by atoms with Gasteiger partial charge in [-0.2, -0.15) is 5.10 Å². The fourth-order valence-electron chi connectivity index (χ4n) is 3.13. The molecule has 1 aliphatic rings. The van der Waals surface area contributed by atoms with Crippen molar-refractivity contribution in [2.24, 2.45) is 0 Å². The number of H-pyrrole nitrogens is 1. The van der Waals surface area contributed by atoms with E-state index in [1.165, 1.54) is 0 Å². The number of anilines is 1. The van der Waals surface area contributed by atoms with E-state index in [1.54, 1.807) is 6.20 Å². The summed E-state index contributed by atoms with van der Waals surface area (Å²) in [5.41, 5.74) is 3.60. The van der Waals surface area contributed by atoms with Crippen LogP contribution in [0.3, 0.4) is 0 Å². The first-order valence-corrected chi connectivity index (χ1v) is 7.00. The van der Waals surface area contributed by atoms with Crippen molar-refractivity contribution in [3.05, 3.63) is 59.8 Å². The van der Waals surface area contributed by atoms with Crippen LogP contribution in [0.2, 0.25) is 0 Å². The highest BCUT2D eigenvalue weighted by atomic mass is 16.2. The number of aromatic nitrogens is 2. The van der Waals surface area contributed by atoms with Crippen LogP contribution >= 0.6 is 0 Å². The molecular formula is C17H15N3O. The maximum absolute atomic E-state index is 12.4. The van der Waals surface area contributed by atoms with Crippen molar-refractivity contribution >= 4 is 22.5 Å². The molecule has 2 aromatic carbocycles. The maximum Gasteiger partial charge on any atom is 0.235 e. The molecule has 0 spiro atoms. The highest BCUT2D eigenvalue weighted by Crippen LogP contribution is 2.39. The normalized spacial score (nSPS) is 20.5. The summed E-state index contributed by atoms with van der Waals surface area (Å²) in [6.07, 6.45) is 2.48. The predicted octanol–water partition coefficient (Wildman–Crippen LogP) is 3.02. The molecule has 0 radical (unpaired) electrons. The third kappa shape index (κ3) is 1.76. The van der Waals surface area contributed by atoms with Crippen molar-refractivity contribution in [2.75, 3.05) is 5.32 Å². The van der Waals surface area contributed by atoms with Gasteiger partial charge in [0.25, 0.3) is 0 Å². The molecule has 4 heteroatoms. The summed E-state index contributed by atoms with van der Waals surface area (Å²) in [7, 11) is 0. The van der Waals surface area contributed by atoms with Gasteiger partial charge in [0.1, 0.15) is 0 Å². The number of amides is 1. The van der Waals surface area contributed by atoms with Gasteiger partial charge in [-0.05, 0) is 36.6 Å². The van der Waals surface area contributed by atoms with E-state index in [2.05, 4.69) is 27.6 Å². The number of hydrogen-bond acceptors (Lipinski definition) is 2. The Balaban J connectivity index is 1.77. The second-order valence-electron chi connectivity index (χ2n) is 5.80. The Bertz CT molecular complexity index is 852. The molecule has 0 bridgehead atoms. The topological polar surface area (TPSA) is 57.8 Å². The second kappa shape index (κ2) is 4.19. The lowest BCUT2D eigenvalue weighted by atomic mass is 9.78. The molecule has 0 saturated heterocycles. The molecular weight excluding hydrogens is 262 g/mol. The number of benzene rings is 2. The highest BCUT2D eigenvalue weighted by Gasteiger charge is 2.42. The Labute approximate surface area is 122 Å². The number of para-hydroxylation sites is 1. The highest BCUT2D eigenvalue weighted by molar-refractivity contribution is 6.06. The summed E-state index contributed by atoms with van der Waals surface area (Å²) in [6.45, 7) is 2.01. The molecule has 1 aromatic heterocycles. The van der Waals surface area contributed by atoms with E-state index < -0.39 is 5.41 Å². The molecule has 2 heterocycles. The molecule has 0 unspecified atom stereocenters. The molecule has 3 aromatic rings. The summed E-state index contributed by atoms with van der Waals surface area (Å²) in [5.74, 6) is 0.0633. The van der Waals surface area contributed by atoms with Crippen molar-refractivity contribution in [3.8, 4) is 0 Å². The van der Waals surface area contributed by atoms with E-state index >= 15 is 0 Å². The number of fused-ring (bicyclic) bond motifs is 2. The average Bonchev–Trinajstić information content (AvgIpc) is 3.03. The minimum Gasteiger partial charge on any atom is -0.325 e. The van der Waals surface area contributed by atoms with Crippen LogP contribution in [0, 0.1) is 0 Å². The van der Waals surface area contributed by atoms with E-state index in [0.29, 0.717) is 6.42 Å². The molecule has 0 fully saturated rings. The quantitative estimate of drug-likeness (QED) is 0.756. The maximum atomic E-state index is 12.4. The first-order chi connectivity index (χ1) is 10.2. The monoisotopic (exact) mass is 277 g/mol. The van der Waals surface area contributed by atoms with Crippen LogP contribution in [0.5, 0.6) is 0 Å².